The Bertz CT molecular complexity index is 281. The third kappa shape index (κ3) is 2.71. The zero-order valence-electron chi connectivity index (χ0n) is 7.59. The fraction of sp³-hybridized carbons (Fsp3) is 0.455. The Morgan fingerprint density at radius 2 is 2.08 bits per heavy atom. The van der Waals surface area contributed by atoms with E-state index in [-0.39, 0.29) is 0 Å². The maximum atomic E-state index is 6.02. The van der Waals surface area contributed by atoms with Gasteiger partial charge in [-0.1, -0.05) is 29.8 Å². The van der Waals surface area contributed by atoms with Crippen molar-refractivity contribution >= 4 is 11.6 Å². The molecule has 0 spiro atoms. The van der Waals surface area contributed by atoms with Gasteiger partial charge in [-0.2, -0.15) is 0 Å². The van der Waals surface area contributed by atoms with E-state index in [1.807, 2.05) is 18.2 Å². The largest absolute Gasteiger partial charge is 0.312 e. The first kappa shape index (κ1) is 9.04. The van der Waals surface area contributed by atoms with Gasteiger partial charge in [-0.15, -0.1) is 0 Å². The summed E-state index contributed by atoms with van der Waals surface area (Å²) in [6.07, 6.45) is 2.80. The number of rotatable bonds is 4. The van der Waals surface area contributed by atoms with E-state index in [0.29, 0.717) is 0 Å². The average Bonchev–Trinajstić information content (AvgIpc) is 2.92. The number of halogens is 1. The van der Waals surface area contributed by atoms with Gasteiger partial charge in [0, 0.05) is 11.6 Å². The van der Waals surface area contributed by atoms with Crippen LogP contribution in [0.1, 0.15) is 18.4 Å². The Balaban J connectivity index is 1.82. The number of benzene rings is 1. The van der Waals surface area contributed by atoms with E-state index >= 15 is 0 Å². The highest BCUT2D eigenvalue weighted by Crippen LogP contribution is 2.27. The van der Waals surface area contributed by atoms with Gasteiger partial charge in [0.15, 0.2) is 0 Å². The molecule has 0 bridgehead atoms. The number of hydrogen-bond donors (Lipinski definition) is 1. The molecule has 1 aromatic rings. The Labute approximate surface area is 84.1 Å². The third-order valence-electron chi connectivity index (χ3n) is 2.40. The molecule has 0 heterocycles. The van der Waals surface area contributed by atoms with Crippen molar-refractivity contribution in [2.24, 2.45) is 5.92 Å². The van der Waals surface area contributed by atoms with Crippen LogP contribution >= 0.6 is 11.6 Å². The van der Waals surface area contributed by atoms with Crippen molar-refractivity contribution in [1.82, 2.24) is 5.32 Å². The van der Waals surface area contributed by atoms with Crippen LogP contribution in [0.2, 0.25) is 5.02 Å². The SMILES string of the molecule is Clc1ccccc1CNCC1CC1. The van der Waals surface area contributed by atoms with Crippen LogP contribution in [0, 0.1) is 5.92 Å². The molecular formula is C11H14ClN. The molecule has 1 saturated carbocycles. The minimum Gasteiger partial charge on any atom is -0.312 e. The lowest BCUT2D eigenvalue weighted by molar-refractivity contribution is 0.639. The quantitative estimate of drug-likeness (QED) is 0.779. The van der Waals surface area contributed by atoms with Crippen LogP contribution in [0.25, 0.3) is 0 Å². The predicted octanol–water partition coefficient (Wildman–Crippen LogP) is 2.84. The fourth-order valence-electron chi connectivity index (χ4n) is 1.37. The zero-order chi connectivity index (χ0) is 9.10. The monoisotopic (exact) mass is 195 g/mol. The summed E-state index contributed by atoms with van der Waals surface area (Å²) in [5.74, 6) is 0.933. The van der Waals surface area contributed by atoms with Crippen LogP contribution in [-0.2, 0) is 6.54 Å². The van der Waals surface area contributed by atoms with Crippen molar-refractivity contribution in [3.63, 3.8) is 0 Å². The van der Waals surface area contributed by atoms with Crippen molar-refractivity contribution in [1.29, 1.82) is 0 Å². The lowest BCUT2D eigenvalue weighted by Crippen LogP contribution is -2.16. The lowest BCUT2D eigenvalue weighted by atomic mass is 10.2. The van der Waals surface area contributed by atoms with Gasteiger partial charge in [0.05, 0.1) is 0 Å². The second-order valence-electron chi connectivity index (χ2n) is 3.67. The number of hydrogen-bond acceptors (Lipinski definition) is 1. The van der Waals surface area contributed by atoms with E-state index in [1.54, 1.807) is 0 Å². The predicted molar refractivity (Wildman–Crippen MR) is 55.9 cm³/mol. The molecule has 2 heteroatoms. The molecule has 1 fully saturated rings. The molecule has 1 N–H and O–H groups in total. The lowest BCUT2D eigenvalue weighted by Gasteiger charge is -2.05. The topological polar surface area (TPSA) is 12.0 Å². The van der Waals surface area contributed by atoms with Gasteiger partial charge in [0.1, 0.15) is 0 Å². The highest BCUT2D eigenvalue weighted by molar-refractivity contribution is 6.31. The average molecular weight is 196 g/mol. The van der Waals surface area contributed by atoms with Crippen LogP contribution < -0.4 is 5.32 Å². The summed E-state index contributed by atoms with van der Waals surface area (Å²) in [5, 5.41) is 4.29. The first-order valence-corrected chi connectivity index (χ1v) is 5.18. The maximum Gasteiger partial charge on any atom is 0.0450 e. The molecule has 1 aromatic carbocycles. The molecule has 13 heavy (non-hydrogen) atoms. The smallest absolute Gasteiger partial charge is 0.0450 e. The zero-order valence-corrected chi connectivity index (χ0v) is 8.35. The van der Waals surface area contributed by atoms with E-state index in [0.717, 1.165) is 24.0 Å². The van der Waals surface area contributed by atoms with E-state index in [1.165, 1.54) is 18.4 Å². The second kappa shape index (κ2) is 4.12. The van der Waals surface area contributed by atoms with Gasteiger partial charge in [-0.05, 0) is 36.9 Å². The summed E-state index contributed by atoms with van der Waals surface area (Å²) >= 11 is 6.02. The normalized spacial score (nSPS) is 16.1. The van der Waals surface area contributed by atoms with Gasteiger partial charge < -0.3 is 5.32 Å². The Hall–Kier alpha value is -0.530. The third-order valence-corrected chi connectivity index (χ3v) is 2.77. The van der Waals surface area contributed by atoms with Crippen molar-refractivity contribution < 1.29 is 0 Å². The van der Waals surface area contributed by atoms with Gasteiger partial charge >= 0.3 is 0 Å². The summed E-state index contributed by atoms with van der Waals surface area (Å²) in [4.78, 5) is 0. The second-order valence-corrected chi connectivity index (χ2v) is 4.07. The van der Waals surface area contributed by atoms with Gasteiger partial charge in [-0.25, -0.2) is 0 Å². The molecule has 70 valence electrons. The molecule has 0 saturated heterocycles. The number of nitrogens with one attached hydrogen (secondary N) is 1. The van der Waals surface area contributed by atoms with E-state index < -0.39 is 0 Å². The van der Waals surface area contributed by atoms with Crippen LogP contribution in [0.4, 0.5) is 0 Å². The summed E-state index contributed by atoms with van der Waals surface area (Å²) in [5.41, 5.74) is 1.20. The van der Waals surface area contributed by atoms with Gasteiger partial charge in [-0.3, -0.25) is 0 Å². The molecule has 0 aromatic heterocycles. The summed E-state index contributed by atoms with van der Waals surface area (Å²) in [6, 6.07) is 8.00. The highest BCUT2D eigenvalue weighted by atomic mass is 35.5. The molecule has 1 aliphatic rings. The Kier molecular flexibility index (Phi) is 2.87. The summed E-state index contributed by atoms with van der Waals surface area (Å²) in [7, 11) is 0. The van der Waals surface area contributed by atoms with E-state index in [4.69, 9.17) is 11.6 Å². The Morgan fingerprint density at radius 1 is 1.31 bits per heavy atom. The molecule has 2 rings (SSSR count). The van der Waals surface area contributed by atoms with Crippen molar-refractivity contribution in [3.8, 4) is 0 Å². The highest BCUT2D eigenvalue weighted by Gasteiger charge is 2.20. The minimum absolute atomic E-state index is 0.866. The van der Waals surface area contributed by atoms with E-state index in [2.05, 4.69) is 11.4 Å². The van der Waals surface area contributed by atoms with Gasteiger partial charge in [0.25, 0.3) is 0 Å². The first-order chi connectivity index (χ1) is 6.36. The molecule has 0 radical (unpaired) electrons. The Morgan fingerprint density at radius 3 is 2.77 bits per heavy atom. The summed E-state index contributed by atoms with van der Waals surface area (Å²) in [6.45, 7) is 2.04. The van der Waals surface area contributed by atoms with Gasteiger partial charge in [0.2, 0.25) is 0 Å². The molecule has 0 amide bonds. The van der Waals surface area contributed by atoms with Crippen molar-refractivity contribution in [2.45, 2.75) is 19.4 Å². The molecule has 0 unspecified atom stereocenters. The maximum absolute atomic E-state index is 6.02. The van der Waals surface area contributed by atoms with Crippen LogP contribution in [0.15, 0.2) is 24.3 Å². The van der Waals surface area contributed by atoms with Crippen LogP contribution in [0.5, 0.6) is 0 Å². The van der Waals surface area contributed by atoms with E-state index in [9.17, 15) is 0 Å². The standard InChI is InChI=1S/C11H14ClN/c12-11-4-2-1-3-10(11)8-13-7-9-5-6-9/h1-4,9,13H,5-8H2. The molecule has 1 aliphatic carbocycles. The summed E-state index contributed by atoms with van der Waals surface area (Å²) < 4.78 is 0. The molecular weight excluding hydrogens is 182 g/mol. The van der Waals surface area contributed by atoms with Crippen LogP contribution in [0.3, 0.4) is 0 Å². The van der Waals surface area contributed by atoms with Crippen molar-refractivity contribution in [2.75, 3.05) is 6.54 Å². The van der Waals surface area contributed by atoms with Crippen LogP contribution in [-0.4, -0.2) is 6.54 Å². The molecule has 1 nitrogen and oxygen atoms in total. The molecule has 0 aliphatic heterocycles. The fourth-order valence-corrected chi connectivity index (χ4v) is 1.58. The van der Waals surface area contributed by atoms with Crippen molar-refractivity contribution in [3.05, 3.63) is 34.9 Å². The molecule has 0 atom stereocenters. The minimum atomic E-state index is 0.866. The first-order valence-electron chi connectivity index (χ1n) is 4.80.